The Balaban J connectivity index is 1.53. The number of nitrogens with two attached hydrogens (primary N) is 1. The first-order valence-corrected chi connectivity index (χ1v) is 14.2. The minimum Gasteiger partial charge on any atom is -0.497 e. The fourth-order valence-electron chi connectivity index (χ4n) is 4.06. The van der Waals surface area contributed by atoms with Crippen molar-refractivity contribution < 1.29 is 23.7 Å². The highest BCUT2D eigenvalue weighted by Crippen LogP contribution is 2.44. The van der Waals surface area contributed by atoms with E-state index >= 15 is 0 Å². The quantitative estimate of drug-likeness (QED) is 0.212. The molecule has 0 fully saturated rings. The van der Waals surface area contributed by atoms with Crippen LogP contribution in [0.1, 0.15) is 17.5 Å². The lowest BCUT2D eigenvalue weighted by molar-refractivity contribution is -0.115. The Bertz CT molecular complexity index is 1670. The van der Waals surface area contributed by atoms with Crippen molar-refractivity contribution in [1.29, 1.82) is 10.5 Å². The second-order valence-corrected chi connectivity index (χ2v) is 10.4. The molecule has 0 aliphatic carbocycles. The summed E-state index contributed by atoms with van der Waals surface area (Å²) in [6.07, 6.45) is 0.119. The van der Waals surface area contributed by atoms with Gasteiger partial charge in [0.25, 0.3) is 0 Å². The van der Waals surface area contributed by atoms with Gasteiger partial charge in [-0.1, -0.05) is 0 Å². The summed E-state index contributed by atoms with van der Waals surface area (Å²) >= 11 is 2.51. The third kappa shape index (κ3) is 6.33. The molecule has 13 heteroatoms. The van der Waals surface area contributed by atoms with Crippen LogP contribution in [0, 0.1) is 22.7 Å². The number of nitrogens with one attached hydrogen (secondary N) is 1. The first kappa shape index (κ1) is 30.0. The maximum Gasteiger partial charge on any atom is 0.226 e. The molecule has 0 radical (unpaired) electrons. The number of nitrogen functional groups attached to an aromatic ring is 1. The molecule has 2 aromatic carbocycles. The second kappa shape index (κ2) is 13.6. The summed E-state index contributed by atoms with van der Waals surface area (Å²) in [4.78, 5) is 21.5. The van der Waals surface area contributed by atoms with Crippen LogP contribution in [0.4, 0.5) is 10.9 Å². The van der Waals surface area contributed by atoms with E-state index in [-0.39, 0.29) is 34.8 Å². The van der Waals surface area contributed by atoms with Gasteiger partial charge in [0.2, 0.25) is 11.7 Å². The van der Waals surface area contributed by atoms with Crippen molar-refractivity contribution in [1.82, 2.24) is 9.97 Å². The zero-order chi connectivity index (χ0) is 30.2. The summed E-state index contributed by atoms with van der Waals surface area (Å²) in [6, 6.07) is 14.9. The van der Waals surface area contributed by atoms with Crippen molar-refractivity contribution in [2.75, 3.05) is 45.2 Å². The molecule has 0 saturated heterocycles. The zero-order valence-electron chi connectivity index (χ0n) is 23.2. The van der Waals surface area contributed by atoms with Crippen LogP contribution in [0.3, 0.4) is 0 Å². The van der Waals surface area contributed by atoms with Crippen LogP contribution in [0.15, 0.2) is 46.8 Å². The smallest absolute Gasteiger partial charge is 0.226 e. The minimum absolute atomic E-state index is 0.0407. The van der Waals surface area contributed by atoms with Gasteiger partial charge in [0.1, 0.15) is 34.3 Å². The lowest BCUT2D eigenvalue weighted by Gasteiger charge is -2.17. The number of nitrogens with zero attached hydrogens (tertiary/aromatic N) is 4. The monoisotopic (exact) mass is 602 g/mol. The van der Waals surface area contributed by atoms with E-state index in [1.165, 1.54) is 44.4 Å². The topological polar surface area (TPSA) is 165 Å². The number of carbonyl (C=O) groups is 1. The standard InChI is InChI=1S/C29H26N6O5S2/c1-37-18-7-5-16(6-8-18)21-15-42-29(33-21)34-24(36)9-10-41-28-20(14-31)25(19(13-30)27(32)35-28)17-11-22(38-2)26(40-4)23(12-17)39-3/h5-8,11-12,15H,9-10H2,1-4H3,(H2,32,35)(H,33,34,36). The molecule has 0 saturated carbocycles. The summed E-state index contributed by atoms with van der Waals surface area (Å²) in [7, 11) is 6.02. The van der Waals surface area contributed by atoms with Gasteiger partial charge in [-0.2, -0.15) is 10.5 Å². The predicted molar refractivity (Wildman–Crippen MR) is 161 cm³/mol. The number of thioether (sulfide) groups is 1. The number of thiazole rings is 1. The number of carbonyl (C=O) groups excluding carboxylic acids is 1. The molecule has 1 amide bonds. The molecule has 0 spiro atoms. The minimum atomic E-state index is -0.247. The van der Waals surface area contributed by atoms with E-state index in [0.29, 0.717) is 38.7 Å². The van der Waals surface area contributed by atoms with Gasteiger partial charge in [-0.05, 0) is 42.0 Å². The predicted octanol–water partition coefficient (Wildman–Crippen LogP) is 5.35. The molecule has 0 aliphatic heterocycles. The Morgan fingerprint density at radius 2 is 1.62 bits per heavy atom. The molecule has 0 bridgehead atoms. The highest BCUT2D eigenvalue weighted by molar-refractivity contribution is 7.99. The number of anilines is 2. The summed E-state index contributed by atoms with van der Waals surface area (Å²) in [5.41, 5.74) is 8.72. The fourth-order valence-corrected chi connectivity index (χ4v) is 5.74. The number of aromatic nitrogens is 2. The van der Waals surface area contributed by atoms with Gasteiger partial charge < -0.3 is 30.0 Å². The van der Waals surface area contributed by atoms with E-state index in [9.17, 15) is 15.3 Å². The number of pyridine rings is 1. The summed E-state index contributed by atoms with van der Waals surface area (Å²) in [6.45, 7) is 0. The van der Waals surface area contributed by atoms with Crippen LogP contribution < -0.4 is 30.0 Å². The molecule has 3 N–H and O–H groups in total. The summed E-state index contributed by atoms with van der Waals surface area (Å²) < 4.78 is 21.5. The van der Waals surface area contributed by atoms with Gasteiger partial charge >= 0.3 is 0 Å². The molecular formula is C29H26N6O5S2. The number of nitriles is 2. The molecule has 4 aromatic rings. The molecule has 214 valence electrons. The summed E-state index contributed by atoms with van der Waals surface area (Å²) in [5.74, 6) is 1.80. The third-order valence-corrected chi connectivity index (χ3v) is 7.81. The van der Waals surface area contributed by atoms with E-state index in [1.807, 2.05) is 29.6 Å². The second-order valence-electron chi connectivity index (χ2n) is 8.48. The highest BCUT2D eigenvalue weighted by atomic mass is 32.2. The van der Waals surface area contributed by atoms with Crippen LogP contribution >= 0.6 is 23.1 Å². The van der Waals surface area contributed by atoms with Gasteiger partial charge in [-0.15, -0.1) is 23.1 Å². The molecular weight excluding hydrogens is 576 g/mol. The molecule has 0 unspecified atom stereocenters. The number of hydrogen-bond acceptors (Lipinski definition) is 12. The zero-order valence-corrected chi connectivity index (χ0v) is 24.8. The number of methoxy groups -OCH3 is 4. The summed E-state index contributed by atoms with van der Waals surface area (Å²) in [5, 5.41) is 25.4. The molecule has 42 heavy (non-hydrogen) atoms. The van der Waals surface area contributed by atoms with Crippen LogP contribution in [0.2, 0.25) is 0 Å². The first-order valence-electron chi connectivity index (χ1n) is 12.3. The van der Waals surface area contributed by atoms with Crippen LogP contribution in [0.5, 0.6) is 23.0 Å². The molecule has 0 atom stereocenters. The van der Waals surface area contributed by atoms with Crippen LogP contribution in [0.25, 0.3) is 22.4 Å². The number of hydrogen-bond donors (Lipinski definition) is 2. The van der Waals surface area contributed by atoms with E-state index < -0.39 is 0 Å². The Hall–Kier alpha value is -4.98. The van der Waals surface area contributed by atoms with E-state index in [1.54, 1.807) is 19.2 Å². The van der Waals surface area contributed by atoms with Crippen molar-refractivity contribution in [3.05, 3.63) is 52.9 Å². The van der Waals surface area contributed by atoms with Gasteiger partial charge in [0.15, 0.2) is 16.6 Å². The lowest BCUT2D eigenvalue weighted by atomic mass is 9.96. The van der Waals surface area contributed by atoms with Crippen molar-refractivity contribution in [2.24, 2.45) is 0 Å². The molecule has 2 heterocycles. The van der Waals surface area contributed by atoms with Crippen molar-refractivity contribution >= 4 is 40.0 Å². The van der Waals surface area contributed by atoms with Crippen molar-refractivity contribution in [3.63, 3.8) is 0 Å². The first-order chi connectivity index (χ1) is 20.4. The van der Waals surface area contributed by atoms with Crippen molar-refractivity contribution in [2.45, 2.75) is 11.4 Å². The van der Waals surface area contributed by atoms with Gasteiger partial charge in [0, 0.05) is 28.7 Å². The Morgan fingerprint density at radius 1 is 0.952 bits per heavy atom. The average molecular weight is 603 g/mol. The molecule has 4 rings (SSSR count). The Morgan fingerprint density at radius 3 is 2.19 bits per heavy atom. The van der Waals surface area contributed by atoms with Crippen LogP contribution in [-0.4, -0.2) is 50.1 Å². The number of benzene rings is 2. The number of amides is 1. The number of ether oxygens (including phenoxy) is 4. The Labute approximate surface area is 250 Å². The normalized spacial score (nSPS) is 10.3. The van der Waals surface area contributed by atoms with Crippen LogP contribution in [-0.2, 0) is 4.79 Å². The molecule has 2 aromatic heterocycles. The van der Waals surface area contributed by atoms with Gasteiger partial charge in [0.05, 0.1) is 39.7 Å². The molecule has 11 nitrogen and oxygen atoms in total. The van der Waals surface area contributed by atoms with Gasteiger partial charge in [-0.3, -0.25) is 4.79 Å². The van der Waals surface area contributed by atoms with E-state index in [4.69, 9.17) is 24.7 Å². The molecule has 0 aliphatic rings. The fraction of sp³-hybridized carbons (Fsp3) is 0.207. The number of rotatable bonds is 11. The lowest BCUT2D eigenvalue weighted by Crippen LogP contribution is -2.12. The Kier molecular flexibility index (Phi) is 9.70. The maximum absolute atomic E-state index is 12.7. The SMILES string of the molecule is COc1ccc(-c2csc(NC(=O)CCSc3nc(N)c(C#N)c(-c4cc(OC)c(OC)c(OC)c4)c3C#N)n2)cc1. The van der Waals surface area contributed by atoms with Crippen molar-refractivity contribution in [3.8, 4) is 57.5 Å². The maximum atomic E-state index is 12.7. The van der Waals surface area contributed by atoms with E-state index in [2.05, 4.69) is 27.4 Å². The highest BCUT2D eigenvalue weighted by Gasteiger charge is 2.24. The largest absolute Gasteiger partial charge is 0.497 e. The van der Waals surface area contributed by atoms with Gasteiger partial charge in [-0.25, -0.2) is 9.97 Å². The third-order valence-electron chi connectivity index (χ3n) is 6.07. The average Bonchev–Trinajstić information content (AvgIpc) is 3.48. The van der Waals surface area contributed by atoms with E-state index in [0.717, 1.165) is 17.0 Å².